The van der Waals surface area contributed by atoms with Crippen LogP contribution in [-0.4, -0.2) is 16.3 Å². The van der Waals surface area contributed by atoms with Gasteiger partial charge in [0.2, 0.25) is 5.88 Å². The van der Waals surface area contributed by atoms with Gasteiger partial charge in [0, 0.05) is 12.6 Å². The fourth-order valence-corrected chi connectivity index (χ4v) is 1.44. The summed E-state index contributed by atoms with van der Waals surface area (Å²) < 4.78 is 5.61. The first-order valence-corrected chi connectivity index (χ1v) is 5.31. The van der Waals surface area contributed by atoms with Crippen molar-refractivity contribution in [2.45, 2.75) is 39.8 Å². The van der Waals surface area contributed by atoms with Crippen molar-refractivity contribution in [3.8, 4) is 5.88 Å². The molecule has 4 heteroatoms. The molecule has 0 spiro atoms. The summed E-state index contributed by atoms with van der Waals surface area (Å²) >= 11 is 0. The summed E-state index contributed by atoms with van der Waals surface area (Å²) in [5.41, 5.74) is 6.20. The van der Waals surface area contributed by atoms with Gasteiger partial charge >= 0.3 is 0 Å². The van der Waals surface area contributed by atoms with Crippen molar-refractivity contribution in [1.29, 1.82) is 0 Å². The molecule has 0 aliphatic rings. The lowest BCUT2D eigenvalue weighted by molar-refractivity contribution is 0.183. The van der Waals surface area contributed by atoms with Crippen molar-refractivity contribution in [3.63, 3.8) is 0 Å². The van der Waals surface area contributed by atoms with Crippen molar-refractivity contribution in [2.24, 2.45) is 11.7 Å². The maximum Gasteiger partial charge on any atom is 0.233 e. The van der Waals surface area contributed by atoms with E-state index < -0.39 is 0 Å². The molecule has 0 amide bonds. The van der Waals surface area contributed by atoms with Gasteiger partial charge in [-0.25, -0.2) is 0 Å². The molecular formula is C11H19N3O. The molecular weight excluding hydrogens is 190 g/mol. The lowest BCUT2D eigenvalue weighted by Crippen LogP contribution is -2.15. The molecule has 0 aromatic carbocycles. The van der Waals surface area contributed by atoms with E-state index in [9.17, 15) is 0 Å². The molecule has 15 heavy (non-hydrogen) atoms. The van der Waals surface area contributed by atoms with Gasteiger partial charge in [0.25, 0.3) is 0 Å². The molecule has 0 radical (unpaired) electrons. The first-order valence-electron chi connectivity index (χ1n) is 5.31. The molecule has 1 aromatic rings. The second-order valence-electron chi connectivity index (χ2n) is 4.13. The summed E-state index contributed by atoms with van der Waals surface area (Å²) in [6, 6.07) is 3.65. The van der Waals surface area contributed by atoms with E-state index >= 15 is 0 Å². The maximum atomic E-state index is 5.61. The van der Waals surface area contributed by atoms with Crippen molar-refractivity contribution in [3.05, 3.63) is 17.8 Å². The zero-order chi connectivity index (χ0) is 11.3. The Morgan fingerprint density at radius 1 is 1.27 bits per heavy atom. The van der Waals surface area contributed by atoms with Crippen LogP contribution < -0.4 is 10.5 Å². The Hall–Kier alpha value is -1.16. The highest BCUT2D eigenvalue weighted by atomic mass is 16.5. The van der Waals surface area contributed by atoms with E-state index in [1.165, 1.54) is 0 Å². The fourth-order valence-electron chi connectivity index (χ4n) is 1.44. The molecule has 0 fully saturated rings. The van der Waals surface area contributed by atoms with Crippen LogP contribution in [0.1, 0.15) is 32.9 Å². The van der Waals surface area contributed by atoms with Crippen LogP contribution in [-0.2, 0) is 6.54 Å². The third kappa shape index (κ3) is 4.25. The first-order chi connectivity index (χ1) is 7.11. The number of aromatic nitrogens is 2. The van der Waals surface area contributed by atoms with Crippen molar-refractivity contribution in [2.75, 3.05) is 0 Å². The van der Waals surface area contributed by atoms with Crippen LogP contribution in [0, 0.1) is 5.92 Å². The SMILES string of the molecule is CC(C)CC(C)Oc1ccc(CN)nn1. The highest BCUT2D eigenvalue weighted by Gasteiger charge is 2.07. The number of nitrogens with zero attached hydrogens (tertiary/aromatic N) is 2. The second kappa shape index (κ2) is 5.66. The average molecular weight is 209 g/mol. The minimum atomic E-state index is 0.169. The third-order valence-corrected chi connectivity index (χ3v) is 2.03. The molecule has 2 N–H and O–H groups in total. The van der Waals surface area contributed by atoms with Gasteiger partial charge in [-0.15, -0.1) is 5.10 Å². The number of ether oxygens (including phenoxy) is 1. The Kier molecular flexibility index (Phi) is 4.49. The van der Waals surface area contributed by atoms with E-state index in [1.807, 2.05) is 19.1 Å². The van der Waals surface area contributed by atoms with Gasteiger partial charge in [-0.1, -0.05) is 13.8 Å². The van der Waals surface area contributed by atoms with Gasteiger partial charge in [0.1, 0.15) is 0 Å². The third-order valence-electron chi connectivity index (χ3n) is 2.03. The molecule has 4 nitrogen and oxygen atoms in total. The molecule has 1 rings (SSSR count). The smallest absolute Gasteiger partial charge is 0.233 e. The minimum absolute atomic E-state index is 0.169. The maximum absolute atomic E-state index is 5.61. The van der Waals surface area contributed by atoms with Crippen LogP contribution in [0.3, 0.4) is 0 Å². The van der Waals surface area contributed by atoms with E-state index in [1.54, 1.807) is 0 Å². The van der Waals surface area contributed by atoms with Gasteiger partial charge in [-0.2, -0.15) is 5.10 Å². The molecule has 1 atom stereocenters. The number of nitrogens with two attached hydrogens (primary N) is 1. The number of rotatable bonds is 5. The molecule has 0 saturated heterocycles. The summed E-state index contributed by atoms with van der Waals surface area (Å²) in [6.45, 7) is 6.79. The predicted molar refractivity (Wildman–Crippen MR) is 59.5 cm³/mol. The van der Waals surface area contributed by atoms with Crippen LogP contribution in [0.4, 0.5) is 0 Å². The number of hydrogen-bond donors (Lipinski definition) is 1. The normalized spacial score (nSPS) is 12.9. The quantitative estimate of drug-likeness (QED) is 0.802. The topological polar surface area (TPSA) is 61.0 Å². The summed E-state index contributed by atoms with van der Waals surface area (Å²) in [7, 11) is 0. The average Bonchev–Trinajstić information content (AvgIpc) is 2.17. The standard InChI is InChI=1S/C11H19N3O/c1-8(2)6-9(3)15-11-5-4-10(7-12)13-14-11/h4-5,8-9H,6-7,12H2,1-3H3. The largest absolute Gasteiger partial charge is 0.474 e. The molecule has 0 bridgehead atoms. The molecule has 0 aliphatic heterocycles. The Morgan fingerprint density at radius 3 is 2.47 bits per heavy atom. The highest BCUT2D eigenvalue weighted by molar-refractivity contribution is 5.11. The van der Waals surface area contributed by atoms with Crippen LogP contribution in [0.25, 0.3) is 0 Å². The van der Waals surface area contributed by atoms with Gasteiger partial charge in [0.05, 0.1) is 11.8 Å². The first kappa shape index (κ1) is 11.9. The van der Waals surface area contributed by atoms with E-state index in [2.05, 4.69) is 24.0 Å². The van der Waals surface area contributed by atoms with Crippen LogP contribution in [0.15, 0.2) is 12.1 Å². The lowest BCUT2D eigenvalue weighted by Gasteiger charge is -2.15. The van der Waals surface area contributed by atoms with Gasteiger partial charge in [0.15, 0.2) is 0 Å². The van der Waals surface area contributed by atoms with Gasteiger partial charge in [-0.3, -0.25) is 0 Å². The monoisotopic (exact) mass is 209 g/mol. The zero-order valence-electron chi connectivity index (χ0n) is 9.60. The van der Waals surface area contributed by atoms with E-state index in [4.69, 9.17) is 10.5 Å². The van der Waals surface area contributed by atoms with Crippen LogP contribution in [0.5, 0.6) is 5.88 Å². The van der Waals surface area contributed by atoms with Gasteiger partial charge < -0.3 is 10.5 Å². The van der Waals surface area contributed by atoms with Crippen molar-refractivity contribution >= 4 is 0 Å². The predicted octanol–water partition coefficient (Wildman–Crippen LogP) is 1.75. The van der Waals surface area contributed by atoms with E-state index in [0.29, 0.717) is 18.3 Å². The van der Waals surface area contributed by atoms with E-state index in [-0.39, 0.29) is 6.10 Å². The summed E-state index contributed by atoms with van der Waals surface area (Å²) in [5, 5.41) is 7.87. The van der Waals surface area contributed by atoms with Crippen LogP contribution >= 0.6 is 0 Å². The zero-order valence-corrected chi connectivity index (χ0v) is 9.60. The summed E-state index contributed by atoms with van der Waals surface area (Å²) in [6.07, 6.45) is 1.18. The fraction of sp³-hybridized carbons (Fsp3) is 0.636. The van der Waals surface area contributed by atoms with Gasteiger partial charge in [-0.05, 0) is 25.3 Å². The van der Waals surface area contributed by atoms with Crippen LogP contribution in [0.2, 0.25) is 0 Å². The molecule has 1 aromatic heterocycles. The molecule has 1 unspecified atom stereocenters. The van der Waals surface area contributed by atoms with E-state index in [0.717, 1.165) is 12.1 Å². The van der Waals surface area contributed by atoms with Crippen molar-refractivity contribution in [1.82, 2.24) is 10.2 Å². The Labute approximate surface area is 90.8 Å². The highest BCUT2D eigenvalue weighted by Crippen LogP contribution is 2.12. The molecule has 0 saturated carbocycles. The summed E-state index contributed by atoms with van der Waals surface area (Å²) in [5.74, 6) is 1.19. The Bertz CT molecular complexity index is 284. The second-order valence-corrected chi connectivity index (χ2v) is 4.13. The molecule has 1 heterocycles. The minimum Gasteiger partial charge on any atom is -0.474 e. The Balaban J connectivity index is 2.49. The molecule has 84 valence electrons. The Morgan fingerprint density at radius 2 is 2.00 bits per heavy atom. The number of hydrogen-bond acceptors (Lipinski definition) is 4. The summed E-state index contributed by atoms with van der Waals surface area (Å²) in [4.78, 5) is 0. The van der Waals surface area contributed by atoms with Crippen molar-refractivity contribution < 1.29 is 4.74 Å². The molecule has 0 aliphatic carbocycles. The lowest BCUT2D eigenvalue weighted by atomic mass is 10.1.